The van der Waals surface area contributed by atoms with Crippen LogP contribution in [0.2, 0.25) is 0 Å². The molecule has 0 amide bonds. The molecule has 2 atom stereocenters. The zero-order chi connectivity index (χ0) is 11.1. The van der Waals surface area contributed by atoms with Crippen LogP contribution in [0.1, 0.15) is 40.0 Å². The topological polar surface area (TPSA) is 18.5 Å². The lowest BCUT2D eigenvalue weighted by Crippen LogP contribution is -2.22. The van der Waals surface area contributed by atoms with E-state index < -0.39 is 0 Å². The molecule has 2 fully saturated rings. The van der Waals surface area contributed by atoms with E-state index in [2.05, 4.69) is 20.8 Å². The average molecular weight is 214 g/mol. The molecule has 2 unspecified atom stereocenters. The summed E-state index contributed by atoms with van der Waals surface area (Å²) in [6, 6.07) is 0. The monoisotopic (exact) mass is 214 g/mol. The van der Waals surface area contributed by atoms with Crippen LogP contribution in [-0.2, 0) is 9.47 Å². The summed E-state index contributed by atoms with van der Waals surface area (Å²) >= 11 is 0. The third-order valence-corrected chi connectivity index (χ3v) is 3.58. The zero-order valence-electron chi connectivity index (χ0n) is 10.5. The maximum Gasteiger partial charge on any atom is 0.0494 e. The van der Waals surface area contributed by atoms with Crippen molar-refractivity contribution in [2.45, 2.75) is 40.0 Å². The van der Waals surface area contributed by atoms with Gasteiger partial charge in [0.25, 0.3) is 0 Å². The number of rotatable bonds is 0. The van der Waals surface area contributed by atoms with Crippen LogP contribution < -0.4 is 0 Å². The molecular weight excluding hydrogens is 188 g/mol. The van der Waals surface area contributed by atoms with Gasteiger partial charge in [0.15, 0.2) is 0 Å². The van der Waals surface area contributed by atoms with Crippen LogP contribution in [0.15, 0.2) is 0 Å². The van der Waals surface area contributed by atoms with Gasteiger partial charge in [-0.25, -0.2) is 0 Å². The minimum atomic E-state index is 0.781. The Bertz CT molecular complexity index is 143. The SMILES string of the molecule is CC1CCOCC1.CC1CCOCC1C. The van der Waals surface area contributed by atoms with Crippen molar-refractivity contribution in [3.63, 3.8) is 0 Å². The fourth-order valence-electron chi connectivity index (χ4n) is 1.80. The Kier molecular flexibility index (Phi) is 6.26. The van der Waals surface area contributed by atoms with Gasteiger partial charge in [0.1, 0.15) is 0 Å². The first-order valence-electron chi connectivity index (χ1n) is 6.35. The Morgan fingerprint density at radius 3 is 1.67 bits per heavy atom. The molecule has 2 heterocycles. The van der Waals surface area contributed by atoms with Crippen molar-refractivity contribution in [2.24, 2.45) is 17.8 Å². The Balaban J connectivity index is 0.000000151. The molecule has 2 aliphatic rings. The Hall–Kier alpha value is -0.0800. The highest BCUT2D eigenvalue weighted by molar-refractivity contribution is 4.64. The van der Waals surface area contributed by atoms with Gasteiger partial charge in [-0.1, -0.05) is 20.8 Å². The van der Waals surface area contributed by atoms with E-state index in [1.165, 1.54) is 19.3 Å². The first-order valence-corrected chi connectivity index (χ1v) is 6.35. The maximum absolute atomic E-state index is 5.25. The van der Waals surface area contributed by atoms with E-state index in [1.54, 1.807) is 0 Å². The van der Waals surface area contributed by atoms with E-state index in [4.69, 9.17) is 9.47 Å². The van der Waals surface area contributed by atoms with Crippen LogP contribution in [0.5, 0.6) is 0 Å². The second kappa shape index (κ2) is 7.24. The van der Waals surface area contributed by atoms with Crippen molar-refractivity contribution in [1.82, 2.24) is 0 Å². The highest BCUT2D eigenvalue weighted by Gasteiger charge is 2.16. The van der Waals surface area contributed by atoms with Gasteiger partial charge in [0, 0.05) is 26.4 Å². The second-order valence-corrected chi connectivity index (χ2v) is 5.11. The fraction of sp³-hybridized carbons (Fsp3) is 1.00. The Labute approximate surface area is 94.3 Å². The standard InChI is InChI=1S/C7H14O.C6H12O/c1-6-3-4-8-5-7(6)2;1-6-2-4-7-5-3-6/h6-7H,3-5H2,1-2H3;6H,2-5H2,1H3. The van der Waals surface area contributed by atoms with Gasteiger partial charge in [0.2, 0.25) is 0 Å². The molecule has 0 saturated carbocycles. The van der Waals surface area contributed by atoms with E-state index in [0.717, 1.165) is 44.2 Å². The van der Waals surface area contributed by atoms with Gasteiger partial charge in [-0.05, 0) is 37.0 Å². The lowest BCUT2D eigenvalue weighted by Gasteiger charge is -2.24. The third kappa shape index (κ3) is 5.53. The molecule has 0 aromatic rings. The van der Waals surface area contributed by atoms with Crippen LogP contribution in [0.3, 0.4) is 0 Å². The predicted molar refractivity (Wildman–Crippen MR) is 63.0 cm³/mol. The molecular formula is C13H26O2. The van der Waals surface area contributed by atoms with E-state index in [1.807, 2.05) is 0 Å². The summed E-state index contributed by atoms with van der Waals surface area (Å²) in [7, 11) is 0. The van der Waals surface area contributed by atoms with Crippen molar-refractivity contribution in [3.8, 4) is 0 Å². The van der Waals surface area contributed by atoms with Gasteiger partial charge in [0.05, 0.1) is 0 Å². The molecule has 2 saturated heterocycles. The average Bonchev–Trinajstić information content (AvgIpc) is 2.25. The van der Waals surface area contributed by atoms with Gasteiger partial charge in [-0.2, -0.15) is 0 Å². The molecule has 0 aliphatic carbocycles. The fourth-order valence-corrected chi connectivity index (χ4v) is 1.80. The number of ether oxygens (including phenoxy) is 2. The predicted octanol–water partition coefficient (Wildman–Crippen LogP) is 3.11. The summed E-state index contributed by atoms with van der Waals surface area (Å²) in [5, 5.41) is 0. The minimum Gasteiger partial charge on any atom is -0.381 e. The summed E-state index contributed by atoms with van der Waals surface area (Å²) in [5.41, 5.74) is 0. The lowest BCUT2D eigenvalue weighted by atomic mass is 9.92. The molecule has 2 rings (SSSR count). The van der Waals surface area contributed by atoms with Crippen molar-refractivity contribution in [2.75, 3.05) is 26.4 Å². The number of hydrogen-bond donors (Lipinski definition) is 0. The van der Waals surface area contributed by atoms with E-state index in [0.29, 0.717) is 0 Å². The first kappa shape index (κ1) is 13.0. The zero-order valence-corrected chi connectivity index (χ0v) is 10.5. The molecule has 2 nitrogen and oxygen atoms in total. The molecule has 2 heteroatoms. The van der Waals surface area contributed by atoms with Gasteiger partial charge in [-0.3, -0.25) is 0 Å². The second-order valence-electron chi connectivity index (χ2n) is 5.11. The third-order valence-electron chi connectivity index (χ3n) is 3.58. The van der Waals surface area contributed by atoms with Crippen molar-refractivity contribution in [1.29, 1.82) is 0 Å². The summed E-state index contributed by atoms with van der Waals surface area (Å²) in [6.45, 7) is 10.8. The quantitative estimate of drug-likeness (QED) is 0.617. The molecule has 90 valence electrons. The molecule has 0 radical (unpaired) electrons. The highest BCUT2D eigenvalue weighted by Crippen LogP contribution is 2.19. The summed E-state index contributed by atoms with van der Waals surface area (Å²) < 4.78 is 10.4. The molecule has 2 aliphatic heterocycles. The Morgan fingerprint density at radius 1 is 0.733 bits per heavy atom. The lowest BCUT2D eigenvalue weighted by molar-refractivity contribution is 0.0303. The molecule has 0 aromatic carbocycles. The normalized spacial score (nSPS) is 33.0. The first-order chi connectivity index (χ1) is 7.20. The Morgan fingerprint density at radius 2 is 1.33 bits per heavy atom. The summed E-state index contributed by atoms with van der Waals surface area (Å²) in [4.78, 5) is 0. The van der Waals surface area contributed by atoms with E-state index in [-0.39, 0.29) is 0 Å². The summed E-state index contributed by atoms with van der Waals surface area (Å²) in [5.74, 6) is 2.57. The van der Waals surface area contributed by atoms with Gasteiger partial charge >= 0.3 is 0 Å². The van der Waals surface area contributed by atoms with Crippen LogP contribution in [0.25, 0.3) is 0 Å². The van der Waals surface area contributed by atoms with Crippen molar-refractivity contribution < 1.29 is 9.47 Å². The maximum atomic E-state index is 5.25. The largest absolute Gasteiger partial charge is 0.381 e. The van der Waals surface area contributed by atoms with E-state index in [9.17, 15) is 0 Å². The molecule has 0 spiro atoms. The van der Waals surface area contributed by atoms with Crippen LogP contribution in [-0.4, -0.2) is 26.4 Å². The van der Waals surface area contributed by atoms with Crippen LogP contribution in [0, 0.1) is 17.8 Å². The smallest absolute Gasteiger partial charge is 0.0494 e. The van der Waals surface area contributed by atoms with E-state index >= 15 is 0 Å². The van der Waals surface area contributed by atoms with Crippen LogP contribution >= 0.6 is 0 Å². The minimum absolute atomic E-state index is 0.781. The summed E-state index contributed by atoms with van der Waals surface area (Å²) in [6.07, 6.45) is 3.78. The number of hydrogen-bond acceptors (Lipinski definition) is 2. The van der Waals surface area contributed by atoms with Gasteiger partial charge < -0.3 is 9.47 Å². The van der Waals surface area contributed by atoms with Crippen LogP contribution in [0.4, 0.5) is 0 Å². The van der Waals surface area contributed by atoms with Crippen molar-refractivity contribution in [3.05, 3.63) is 0 Å². The molecule has 0 aromatic heterocycles. The van der Waals surface area contributed by atoms with Crippen molar-refractivity contribution >= 4 is 0 Å². The molecule has 0 bridgehead atoms. The molecule has 0 N–H and O–H groups in total. The molecule has 15 heavy (non-hydrogen) atoms. The highest BCUT2D eigenvalue weighted by atomic mass is 16.5. The van der Waals surface area contributed by atoms with Gasteiger partial charge in [-0.15, -0.1) is 0 Å².